The molecule has 3 N–H and O–H groups in total. The topological polar surface area (TPSA) is 180 Å². The summed E-state index contributed by atoms with van der Waals surface area (Å²) < 4.78 is 9.63. The Kier molecular flexibility index (Phi) is 8.24. The number of ether oxygens (including phenoxy) is 2. The van der Waals surface area contributed by atoms with Crippen LogP contribution in [-0.4, -0.2) is 69.3 Å². The summed E-state index contributed by atoms with van der Waals surface area (Å²) in [5.74, 6) is -3.28. The zero-order chi connectivity index (χ0) is 25.7. The van der Waals surface area contributed by atoms with Gasteiger partial charge in [-0.2, -0.15) is 0 Å². The number of amides is 2. The van der Waals surface area contributed by atoms with Crippen molar-refractivity contribution in [3.8, 4) is 0 Å². The number of hydrogen-bond donors (Lipinski definition) is 2. The van der Waals surface area contributed by atoms with Gasteiger partial charge in [0.15, 0.2) is 10.8 Å². The van der Waals surface area contributed by atoms with Gasteiger partial charge >= 0.3 is 17.9 Å². The van der Waals surface area contributed by atoms with Gasteiger partial charge in [-0.1, -0.05) is 17.3 Å². The lowest BCUT2D eigenvalue weighted by Gasteiger charge is -2.49. The molecule has 186 valence electrons. The van der Waals surface area contributed by atoms with E-state index in [1.54, 1.807) is 19.1 Å². The minimum atomic E-state index is -1.01. The maximum Gasteiger partial charge on any atom is 0.358 e. The maximum atomic E-state index is 13.0. The van der Waals surface area contributed by atoms with Crippen LogP contribution in [0.3, 0.4) is 0 Å². The van der Waals surface area contributed by atoms with E-state index in [1.807, 2.05) is 0 Å². The predicted molar refractivity (Wildman–Crippen MR) is 124 cm³/mol. The van der Waals surface area contributed by atoms with Crippen LogP contribution in [0.1, 0.15) is 26.5 Å². The number of esters is 2. The molecule has 13 nitrogen and oxygen atoms in total. The van der Waals surface area contributed by atoms with Gasteiger partial charge in [-0.25, -0.2) is 14.6 Å². The van der Waals surface area contributed by atoms with Crippen LogP contribution in [0.25, 0.3) is 0 Å². The van der Waals surface area contributed by atoms with Crippen LogP contribution >= 0.6 is 23.1 Å². The van der Waals surface area contributed by atoms with Gasteiger partial charge in [0.2, 0.25) is 6.79 Å². The second-order valence-corrected chi connectivity index (χ2v) is 9.01. The average Bonchev–Trinajstić information content (AvgIpc) is 3.22. The fourth-order valence-electron chi connectivity index (χ4n) is 3.12. The van der Waals surface area contributed by atoms with Crippen LogP contribution in [0.4, 0.5) is 5.13 Å². The fraction of sp³-hybridized carbons (Fsp3) is 0.350. The van der Waals surface area contributed by atoms with Crippen LogP contribution in [-0.2, 0) is 38.3 Å². The molecular formula is C20H21N5O8S2. The molecule has 0 spiro atoms. The van der Waals surface area contributed by atoms with E-state index in [9.17, 15) is 24.0 Å². The van der Waals surface area contributed by atoms with Gasteiger partial charge < -0.3 is 25.4 Å². The molecule has 15 heteroatoms. The van der Waals surface area contributed by atoms with Crippen molar-refractivity contribution >= 4 is 63.7 Å². The lowest BCUT2D eigenvalue weighted by molar-refractivity contribution is -0.166. The van der Waals surface area contributed by atoms with Crippen LogP contribution in [0.5, 0.6) is 0 Å². The van der Waals surface area contributed by atoms with Gasteiger partial charge in [0.1, 0.15) is 22.8 Å². The zero-order valence-corrected chi connectivity index (χ0v) is 20.4. The number of carbonyl (C=O) groups is 5. The van der Waals surface area contributed by atoms with Crippen molar-refractivity contribution in [2.75, 3.05) is 18.3 Å². The number of β-lactam (4-membered cyclic amide) rings is 1. The number of thiazole rings is 1. The minimum Gasteiger partial charge on any atom is -0.428 e. The van der Waals surface area contributed by atoms with Crippen molar-refractivity contribution in [2.24, 2.45) is 5.16 Å². The summed E-state index contributed by atoms with van der Waals surface area (Å²) in [6, 6.07) is -1.01. The number of nitrogens with zero attached hydrogens (tertiary/aromatic N) is 3. The summed E-state index contributed by atoms with van der Waals surface area (Å²) in [7, 11) is 0. The first-order chi connectivity index (χ1) is 16.6. The number of nitrogens with two attached hydrogens (primary N) is 1. The molecule has 2 amide bonds. The Hall–Kier alpha value is -3.72. The molecule has 0 aromatic carbocycles. The fourth-order valence-corrected chi connectivity index (χ4v) is 4.98. The van der Waals surface area contributed by atoms with Crippen molar-refractivity contribution in [3.05, 3.63) is 34.5 Å². The Morgan fingerprint density at radius 2 is 2.03 bits per heavy atom. The first-order valence-corrected chi connectivity index (χ1v) is 12.0. The minimum absolute atomic E-state index is 0.00409. The highest BCUT2D eigenvalue weighted by Crippen LogP contribution is 2.41. The van der Waals surface area contributed by atoms with Gasteiger partial charge in [0, 0.05) is 25.0 Å². The third kappa shape index (κ3) is 5.86. The van der Waals surface area contributed by atoms with E-state index in [2.05, 4.69) is 25.0 Å². The molecule has 0 aliphatic carbocycles. The molecule has 0 saturated carbocycles. The average molecular weight is 524 g/mol. The highest BCUT2D eigenvalue weighted by molar-refractivity contribution is 8.00. The quantitative estimate of drug-likeness (QED) is 0.119. The first kappa shape index (κ1) is 25.9. The SMILES string of the molecule is C/C=C/C1=C(C(=O)OCOC(C)=O)N2C(=O)[C@@H](NC(=O)/C(=N\OC(C)=O)c3csc(N)n3)[C@@H]2SC1. The lowest BCUT2D eigenvalue weighted by atomic mass is 10.0. The van der Waals surface area contributed by atoms with Crippen molar-refractivity contribution < 1.29 is 38.3 Å². The van der Waals surface area contributed by atoms with Gasteiger partial charge in [-0.05, 0) is 12.5 Å². The monoisotopic (exact) mass is 523 g/mol. The molecule has 1 fully saturated rings. The standard InChI is InChI=1S/C20H21N5O8S2/c1-4-5-11-6-34-18-14(17(29)25(18)15(11)19(30)32-8-31-9(2)26)23-16(28)13(24-33-10(3)27)12-7-35-20(21)22-12/h4-5,7,14,18H,6,8H2,1-3H3,(H2,21,22)(H,23,28)/b5-4+,24-13-/t14-,18+/m1/s1. The number of rotatable bonds is 8. The molecule has 3 rings (SSSR count). The number of nitrogens with one attached hydrogen (secondary N) is 1. The largest absolute Gasteiger partial charge is 0.428 e. The summed E-state index contributed by atoms with van der Waals surface area (Å²) in [6.07, 6.45) is 3.37. The first-order valence-electron chi connectivity index (χ1n) is 10.0. The maximum absolute atomic E-state index is 13.0. The number of thioether (sulfide) groups is 1. The van der Waals surface area contributed by atoms with Crippen LogP contribution in [0.15, 0.2) is 34.0 Å². The summed E-state index contributed by atoms with van der Waals surface area (Å²) in [5.41, 5.74) is 5.88. The number of aromatic nitrogens is 1. The summed E-state index contributed by atoms with van der Waals surface area (Å²) in [6.45, 7) is 3.42. The van der Waals surface area contributed by atoms with E-state index in [0.717, 1.165) is 25.2 Å². The van der Waals surface area contributed by atoms with E-state index in [4.69, 9.17) is 10.5 Å². The van der Waals surface area contributed by atoms with Crippen molar-refractivity contribution in [1.29, 1.82) is 0 Å². The Bertz CT molecular complexity index is 1160. The van der Waals surface area contributed by atoms with Gasteiger partial charge in [0.25, 0.3) is 11.8 Å². The molecule has 35 heavy (non-hydrogen) atoms. The predicted octanol–water partition coefficient (Wildman–Crippen LogP) is 0.286. The molecule has 1 saturated heterocycles. The lowest BCUT2D eigenvalue weighted by Crippen LogP contribution is -2.71. The molecule has 2 aliphatic heterocycles. The number of nitrogen functional groups attached to an aromatic ring is 1. The van der Waals surface area contributed by atoms with E-state index in [-0.39, 0.29) is 22.2 Å². The highest BCUT2D eigenvalue weighted by Gasteiger charge is 2.54. The number of fused-ring (bicyclic) bond motifs is 1. The number of hydrogen-bond acceptors (Lipinski definition) is 13. The normalized spacial score (nSPS) is 19.7. The summed E-state index contributed by atoms with van der Waals surface area (Å²) in [5, 5.41) is 7.10. The molecule has 1 aromatic rings. The molecule has 1 aromatic heterocycles. The molecule has 2 atom stereocenters. The Morgan fingerprint density at radius 3 is 2.63 bits per heavy atom. The highest BCUT2D eigenvalue weighted by atomic mass is 32.2. The van der Waals surface area contributed by atoms with Gasteiger partial charge in [-0.3, -0.25) is 19.3 Å². The smallest absolute Gasteiger partial charge is 0.358 e. The molecule has 0 radical (unpaired) electrons. The number of anilines is 1. The molecular weight excluding hydrogens is 502 g/mol. The number of oxime groups is 1. The zero-order valence-electron chi connectivity index (χ0n) is 18.8. The molecule has 0 unspecified atom stereocenters. The second-order valence-electron chi connectivity index (χ2n) is 7.01. The summed E-state index contributed by atoms with van der Waals surface area (Å²) in [4.78, 5) is 70.5. The van der Waals surface area contributed by atoms with Crippen LogP contribution in [0.2, 0.25) is 0 Å². The van der Waals surface area contributed by atoms with E-state index >= 15 is 0 Å². The second kappa shape index (κ2) is 11.1. The van der Waals surface area contributed by atoms with Gasteiger partial charge in [-0.15, -0.1) is 23.1 Å². The summed E-state index contributed by atoms with van der Waals surface area (Å²) >= 11 is 2.37. The van der Waals surface area contributed by atoms with E-state index in [0.29, 0.717) is 11.3 Å². The number of carbonyl (C=O) groups excluding carboxylic acids is 5. The van der Waals surface area contributed by atoms with Gasteiger partial charge in [0.05, 0.1) is 0 Å². The molecule has 0 bridgehead atoms. The third-order valence-corrected chi connectivity index (χ3v) is 6.52. The Morgan fingerprint density at radius 1 is 1.29 bits per heavy atom. The van der Waals surface area contributed by atoms with E-state index < -0.39 is 47.9 Å². The van der Waals surface area contributed by atoms with Crippen molar-refractivity contribution in [3.63, 3.8) is 0 Å². The molecule has 2 aliphatic rings. The number of allylic oxidation sites excluding steroid dienone is 2. The van der Waals surface area contributed by atoms with Crippen LogP contribution in [0, 0.1) is 0 Å². The van der Waals surface area contributed by atoms with Crippen molar-refractivity contribution in [1.82, 2.24) is 15.2 Å². The van der Waals surface area contributed by atoms with Crippen molar-refractivity contribution in [2.45, 2.75) is 32.2 Å². The van der Waals surface area contributed by atoms with Crippen LogP contribution < -0.4 is 11.1 Å². The van der Waals surface area contributed by atoms with E-state index in [1.165, 1.54) is 22.0 Å². The third-order valence-electron chi connectivity index (χ3n) is 4.54. The molecule has 3 heterocycles. The Balaban J connectivity index is 1.79. The Labute approximate surface area is 207 Å².